The second-order valence-electron chi connectivity index (χ2n) is 4.39. The molecule has 0 aliphatic rings. The van der Waals surface area contributed by atoms with Crippen molar-refractivity contribution < 1.29 is 14.3 Å². The van der Waals surface area contributed by atoms with Gasteiger partial charge >= 0.3 is 5.97 Å². The molecule has 22 heavy (non-hydrogen) atoms. The van der Waals surface area contributed by atoms with Gasteiger partial charge in [-0.2, -0.15) is 0 Å². The fourth-order valence-electron chi connectivity index (χ4n) is 1.65. The SMILES string of the molecule is COC(=O)Cc1cnc(NC(=O)CNCc2ccncc2)s1. The molecule has 0 spiro atoms. The Bertz CT molecular complexity index is 630. The van der Waals surface area contributed by atoms with E-state index in [2.05, 4.69) is 25.3 Å². The van der Waals surface area contributed by atoms with Gasteiger partial charge in [0.05, 0.1) is 20.1 Å². The number of carbonyl (C=O) groups excluding carboxylic acids is 2. The van der Waals surface area contributed by atoms with Crippen molar-refractivity contribution in [3.63, 3.8) is 0 Å². The highest BCUT2D eigenvalue weighted by Crippen LogP contribution is 2.18. The van der Waals surface area contributed by atoms with Crippen LogP contribution in [0.25, 0.3) is 0 Å². The van der Waals surface area contributed by atoms with Crippen LogP contribution < -0.4 is 10.6 Å². The summed E-state index contributed by atoms with van der Waals surface area (Å²) in [6.45, 7) is 0.760. The van der Waals surface area contributed by atoms with E-state index in [1.165, 1.54) is 18.4 Å². The highest BCUT2D eigenvalue weighted by atomic mass is 32.1. The van der Waals surface area contributed by atoms with Gasteiger partial charge in [-0.15, -0.1) is 11.3 Å². The van der Waals surface area contributed by atoms with Crippen molar-refractivity contribution in [2.24, 2.45) is 0 Å². The average Bonchev–Trinajstić information content (AvgIpc) is 2.95. The molecule has 116 valence electrons. The summed E-state index contributed by atoms with van der Waals surface area (Å²) < 4.78 is 4.58. The number of aromatic nitrogens is 2. The normalized spacial score (nSPS) is 10.2. The molecule has 8 heteroatoms. The van der Waals surface area contributed by atoms with E-state index in [1.807, 2.05) is 12.1 Å². The maximum absolute atomic E-state index is 11.8. The Balaban J connectivity index is 1.74. The zero-order valence-electron chi connectivity index (χ0n) is 12.0. The molecule has 1 amide bonds. The first kappa shape index (κ1) is 16.1. The van der Waals surface area contributed by atoms with Gasteiger partial charge in [-0.25, -0.2) is 4.98 Å². The second-order valence-corrected chi connectivity index (χ2v) is 5.51. The molecule has 0 aromatic carbocycles. The minimum atomic E-state index is -0.333. The molecular weight excluding hydrogens is 304 g/mol. The number of carbonyl (C=O) groups is 2. The largest absolute Gasteiger partial charge is 0.469 e. The van der Waals surface area contributed by atoms with E-state index in [0.29, 0.717) is 11.7 Å². The standard InChI is InChI=1S/C14H16N4O3S/c1-21-13(20)6-11-8-17-14(22-11)18-12(19)9-16-7-10-2-4-15-5-3-10/h2-5,8,16H,6-7,9H2,1H3,(H,17,18,19). The van der Waals surface area contributed by atoms with Crippen molar-refractivity contribution in [1.82, 2.24) is 15.3 Å². The third-order valence-corrected chi connectivity index (χ3v) is 3.62. The van der Waals surface area contributed by atoms with Crippen LogP contribution in [0.15, 0.2) is 30.7 Å². The Morgan fingerprint density at radius 2 is 2.09 bits per heavy atom. The molecule has 0 fully saturated rings. The molecule has 0 saturated carbocycles. The predicted octanol–water partition coefficient (Wildman–Crippen LogP) is 0.982. The van der Waals surface area contributed by atoms with Crippen LogP contribution in [0.3, 0.4) is 0 Å². The van der Waals surface area contributed by atoms with Crippen LogP contribution >= 0.6 is 11.3 Å². The first-order chi connectivity index (χ1) is 10.7. The van der Waals surface area contributed by atoms with Gasteiger partial charge in [-0.05, 0) is 17.7 Å². The van der Waals surface area contributed by atoms with Gasteiger partial charge in [-0.3, -0.25) is 14.6 Å². The number of esters is 1. The van der Waals surface area contributed by atoms with E-state index < -0.39 is 0 Å². The van der Waals surface area contributed by atoms with Crippen LogP contribution in [-0.4, -0.2) is 35.5 Å². The molecule has 2 aromatic heterocycles. The maximum Gasteiger partial charge on any atom is 0.310 e. The quantitative estimate of drug-likeness (QED) is 0.739. The average molecular weight is 320 g/mol. The summed E-state index contributed by atoms with van der Waals surface area (Å²) in [6, 6.07) is 3.76. The lowest BCUT2D eigenvalue weighted by molar-refractivity contribution is -0.139. The fourth-order valence-corrected chi connectivity index (χ4v) is 2.46. The molecule has 0 bridgehead atoms. The summed E-state index contributed by atoms with van der Waals surface area (Å²) in [6.07, 6.45) is 5.12. The molecule has 2 N–H and O–H groups in total. The second kappa shape index (κ2) is 8.20. The van der Waals surface area contributed by atoms with E-state index in [1.54, 1.807) is 18.6 Å². The molecule has 0 saturated heterocycles. The number of nitrogens with one attached hydrogen (secondary N) is 2. The van der Waals surface area contributed by atoms with Crippen LogP contribution in [0.4, 0.5) is 5.13 Å². The molecule has 0 aliphatic carbocycles. The Kier molecular flexibility index (Phi) is 5.99. The Morgan fingerprint density at radius 1 is 1.32 bits per heavy atom. The number of amides is 1. The van der Waals surface area contributed by atoms with Gasteiger partial charge in [0.2, 0.25) is 5.91 Å². The number of ether oxygens (including phenoxy) is 1. The molecule has 2 aromatic rings. The Labute approximate surface area is 131 Å². The van der Waals surface area contributed by atoms with Crippen LogP contribution in [0, 0.1) is 0 Å². The molecular formula is C14H16N4O3S. The third-order valence-electron chi connectivity index (χ3n) is 2.71. The predicted molar refractivity (Wildman–Crippen MR) is 82.4 cm³/mol. The highest BCUT2D eigenvalue weighted by molar-refractivity contribution is 7.15. The number of pyridine rings is 1. The Hall–Kier alpha value is -2.32. The number of nitrogens with zero attached hydrogens (tertiary/aromatic N) is 2. The van der Waals surface area contributed by atoms with Crippen molar-refractivity contribution in [1.29, 1.82) is 0 Å². The number of hydrogen-bond acceptors (Lipinski definition) is 7. The highest BCUT2D eigenvalue weighted by Gasteiger charge is 2.09. The van der Waals surface area contributed by atoms with Gasteiger partial charge in [-0.1, -0.05) is 0 Å². The Morgan fingerprint density at radius 3 is 2.82 bits per heavy atom. The smallest absolute Gasteiger partial charge is 0.310 e. The van der Waals surface area contributed by atoms with E-state index in [0.717, 1.165) is 10.4 Å². The molecule has 0 unspecified atom stereocenters. The fraction of sp³-hybridized carbons (Fsp3) is 0.286. The van der Waals surface area contributed by atoms with Crippen molar-refractivity contribution >= 4 is 28.3 Å². The molecule has 7 nitrogen and oxygen atoms in total. The third kappa shape index (κ3) is 5.23. The van der Waals surface area contributed by atoms with E-state index in [-0.39, 0.29) is 24.8 Å². The minimum absolute atomic E-state index is 0.157. The van der Waals surface area contributed by atoms with Crippen LogP contribution in [0.2, 0.25) is 0 Å². The topological polar surface area (TPSA) is 93.2 Å². The molecule has 0 radical (unpaired) electrons. The van der Waals surface area contributed by atoms with Crippen LogP contribution in [0.5, 0.6) is 0 Å². The summed E-state index contributed by atoms with van der Waals surface area (Å²) >= 11 is 1.25. The van der Waals surface area contributed by atoms with Gasteiger partial charge in [0.1, 0.15) is 0 Å². The van der Waals surface area contributed by atoms with Crippen molar-refractivity contribution in [2.75, 3.05) is 19.0 Å². The molecule has 2 rings (SSSR count). The summed E-state index contributed by atoms with van der Waals surface area (Å²) in [4.78, 5) is 31.6. The lowest BCUT2D eigenvalue weighted by Gasteiger charge is -2.04. The lowest BCUT2D eigenvalue weighted by Crippen LogP contribution is -2.27. The van der Waals surface area contributed by atoms with Gasteiger partial charge in [0.15, 0.2) is 5.13 Å². The van der Waals surface area contributed by atoms with Crippen LogP contribution in [0.1, 0.15) is 10.4 Å². The first-order valence-electron chi connectivity index (χ1n) is 6.58. The first-order valence-corrected chi connectivity index (χ1v) is 7.40. The van der Waals surface area contributed by atoms with E-state index in [9.17, 15) is 9.59 Å². The monoisotopic (exact) mass is 320 g/mol. The number of anilines is 1. The minimum Gasteiger partial charge on any atom is -0.469 e. The molecule has 0 aliphatic heterocycles. The summed E-state index contributed by atoms with van der Waals surface area (Å²) in [5.41, 5.74) is 1.05. The number of thiazole rings is 1. The zero-order valence-corrected chi connectivity index (χ0v) is 12.9. The van der Waals surface area contributed by atoms with Gasteiger partial charge < -0.3 is 15.4 Å². The van der Waals surface area contributed by atoms with Gasteiger partial charge in [0, 0.05) is 30.0 Å². The lowest BCUT2D eigenvalue weighted by atomic mass is 10.3. The van der Waals surface area contributed by atoms with Crippen LogP contribution in [-0.2, 0) is 27.3 Å². The van der Waals surface area contributed by atoms with E-state index in [4.69, 9.17) is 0 Å². The molecule has 0 atom stereocenters. The summed E-state index contributed by atoms with van der Waals surface area (Å²) in [5.74, 6) is -0.520. The zero-order chi connectivity index (χ0) is 15.8. The number of rotatable bonds is 7. The van der Waals surface area contributed by atoms with E-state index >= 15 is 0 Å². The van der Waals surface area contributed by atoms with Crippen molar-refractivity contribution in [2.45, 2.75) is 13.0 Å². The summed E-state index contributed by atoms with van der Waals surface area (Å²) in [5, 5.41) is 6.18. The van der Waals surface area contributed by atoms with Crippen molar-refractivity contribution in [3.05, 3.63) is 41.2 Å². The van der Waals surface area contributed by atoms with Crippen molar-refractivity contribution in [3.8, 4) is 0 Å². The summed E-state index contributed by atoms with van der Waals surface area (Å²) in [7, 11) is 1.33. The van der Waals surface area contributed by atoms with Gasteiger partial charge in [0.25, 0.3) is 0 Å². The number of hydrogen-bond donors (Lipinski definition) is 2. The maximum atomic E-state index is 11.8. The number of methoxy groups -OCH3 is 1. The molecule has 2 heterocycles.